The molecule has 0 saturated carbocycles. The Bertz CT molecular complexity index is 435. The zero-order valence-electron chi connectivity index (χ0n) is 8.36. The third-order valence-corrected chi connectivity index (χ3v) is 2.36. The number of pyridine rings is 1. The Balaban J connectivity index is 3.44. The van der Waals surface area contributed by atoms with Gasteiger partial charge in [0.15, 0.2) is 5.78 Å². The van der Waals surface area contributed by atoms with Crippen LogP contribution in [0.2, 0.25) is 0 Å². The zero-order chi connectivity index (χ0) is 14.1. The lowest BCUT2D eigenvalue weighted by Crippen LogP contribution is -2.17. The van der Waals surface area contributed by atoms with Crippen molar-refractivity contribution in [3.8, 4) is 0 Å². The highest BCUT2D eigenvalue weighted by Crippen LogP contribution is 2.33. The van der Waals surface area contributed by atoms with E-state index in [0.717, 1.165) is 0 Å². The molecule has 0 saturated heterocycles. The summed E-state index contributed by atoms with van der Waals surface area (Å²) in [7, 11) is 0. The standard InChI is InChI=1S/C9H4BrF6NO/c10-3-5(18)4-1-6(8(11,12)13)17-7(2-4)9(14,15)16/h1-2H,3H2. The number of halogens is 7. The topological polar surface area (TPSA) is 30.0 Å². The van der Waals surface area contributed by atoms with Crippen LogP contribution in [0.4, 0.5) is 26.3 Å². The van der Waals surface area contributed by atoms with Gasteiger partial charge in [0, 0.05) is 5.56 Å². The zero-order valence-corrected chi connectivity index (χ0v) is 9.95. The Kier molecular flexibility index (Phi) is 4.04. The molecular formula is C9H4BrF6NO. The third-order valence-electron chi connectivity index (χ3n) is 1.85. The molecule has 100 valence electrons. The van der Waals surface area contributed by atoms with Gasteiger partial charge >= 0.3 is 12.4 Å². The molecule has 0 bridgehead atoms. The summed E-state index contributed by atoms with van der Waals surface area (Å²) in [5.74, 6) is -0.895. The summed E-state index contributed by atoms with van der Waals surface area (Å²) in [6.07, 6.45) is -10.1. The average molecular weight is 336 g/mol. The molecule has 0 atom stereocenters. The Hall–Kier alpha value is -1.12. The molecule has 0 radical (unpaired) electrons. The Labute approximate surface area is 105 Å². The lowest BCUT2D eigenvalue weighted by atomic mass is 10.1. The van der Waals surface area contributed by atoms with Crippen molar-refractivity contribution in [1.29, 1.82) is 0 Å². The van der Waals surface area contributed by atoms with Gasteiger partial charge in [0.05, 0.1) is 5.33 Å². The molecule has 1 heterocycles. The summed E-state index contributed by atoms with van der Waals surface area (Å²) in [5.41, 5.74) is -4.19. The first kappa shape index (κ1) is 14.9. The van der Waals surface area contributed by atoms with E-state index in [0.29, 0.717) is 12.1 Å². The summed E-state index contributed by atoms with van der Waals surface area (Å²) in [6.45, 7) is 0. The molecule has 2 nitrogen and oxygen atoms in total. The van der Waals surface area contributed by atoms with E-state index in [-0.39, 0.29) is 5.33 Å². The van der Waals surface area contributed by atoms with Gasteiger partial charge in [-0.15, -0.1) is 0 Å². The van der Waals surface area contributed by atoms with Crippen LogP contribution in [0.5, 0.6) is 0 Å². The van der Waals surface area contributed by atoms with Crippen molar-refractivity contribution in [3.05, 3.63) is 29.1 Å². The number of hydrogen-bond acceptors (Lipinski definition) is 2. The van der Waals surface area contributed by atoms with Crippen molar-refractivity contribution < 1.29 is 31.1 Å². The van der Waals surface area contributed by atoms with Crippen LogP contribution in [-0.2, 0) is 12.4 Å². The van der Waals surface area contributed by atoms with Crippen LogP contribution in [0.15, 0.2) is 12.1 Å². The normalized spacial score (nSPS) is 12.6. The fraction of sp³-hybridized carbons (Fsp3) is 0.333. The number of rotatable bonds is 2. The number of carbonyl (C=O) groups excluding carboxylic acids is 1. The van der Waals surface area contributed by atoms with Gasteiger partial charge in [0.25, 0.3) is 0 Å². The van der Waals surface area contributed by atoms with Crippen molar-refractivity contribution in [2.24, 2.45) is 0 Å². The molecule has 1 aromatic rings. The lowest BCUT2D eigenvalue weighted by molar-refractivity contribution is -0.150. The van der Waals surface area contributed by atoms with Gasteiger partial charge in [-0.2, -0.15) is 26.3 Å². The van der Waals surface area contributed by atoms with Gasteiger partial charge in [0.2, 0.25) is 0 Å². The summed E-state index contributed by atoms with van der Waals surface area (Å²) in [4.78, 5) is 13.6. The third kappa shape index (κ3) is 3.44. The molecule has 0 aliphatic carbocycles. The van der Waals surface area contributed by atoms with E-state index in [1.54, 1.807) is 0 Å². The Morgan fingerprint density at radius 2 is 1.44 bits per heavy atom. The first-order valence-corrected chi connectivity index (χ1v) is 5.43. The van der Waals surface area contributed by atoms with Crippen molar-refractivity contribution in [3.63, 3.8) is 0 Å². The summed E-state index contributed by atoms with van der Waals surface area (Å²) < 4.78 is 74.1. The minimum absolute atomic E-state index is 0.291. The fourth-order valence-electron chi connectivity index (χ4n) is 1.06. The van der Waals surface area contributed by atoms with Gasteiger partial charge in [-0.25, -0.2) is 4.98 Å². The second-order valence-electron chi connectivity index (χ2n) is 3.18. The van der Waals surface area contributed by atoms with E-state index in [9.17, 15) is 31.1 Å². The first-order valence-electron chi connectivity index (χ1n) is 4.31. The smallest absolute Gasteiger partial charge is 0.293 e. The van der Waals surface area contributed by atoms with E-state index in [1.165, 1.54) is 0 Å². The summed E-state index contributed by atoms with van der Waals surface area (Å²) >= 11 is 2.67. The molecule has 0 aromatic carbocycles. The van der Waals surface area contributed by atoms with Crippen LogP contribution < -0.4 is 0 Å². The Morgan fingerprint density at radius 3 is 1.72 bits per heavy atom. The van der Waals surface area contributed by atoms with E-state index in [4.69, 9.17) is 0 Å². The molecule has 0 fully saturated rings. The number of hydrogen-bond donors (Lipinski definition) is 0. The van der Waals surface area contributed by atoms with Crippen molar-refractivity contribution in [2.45, 2.75) is 12.4 Å². The molecule has 0 unspecified atom stereocenters. The Morgan fingerprint density at radius 1 is 1.06 bits per heavy atom. The van der Waals surface area contributed by atoms with Crippen LogP contribution in [0.3, 0.4) is 0 Å². The van der Waals surface area contributed by atoms with E-state index >= 15 is 0 Å². The fourth-order valence-corrected chi connectivity index (χ4v) is 1.38. The van der Waals surface area contributed by atoms with E-state index in [2.05, 4.69) is 20.9 Å². The number of ketones is 1. The number of Topliss-reactive ketones (excluding diaryl/α,β-unsaturated/α-hetero) is 1. The second kappa shape index (κ2) is 4.87. The van der Waals surface area contributed by atoms with E-state index in [1.807, 2.05) is 0 Å². The van der Waals surface area contributed by atoms with Crippen LogP contribution >= 0.6 is 15.9 Å². The van der Waals surface area contributed by atoms with Gasteiger partial charge in [-0.1, -0.05) is 15.9 Å². The monoisotopic (exact) mass is 335 g/mol. The van der Waals surface area contributed by atoms with Gasteiger partial charge in [-0.05, 0) is 12.1 Å². The molecule has 1 aromatic heterocycles. The van der Waals surface area contributed by atoms with Gasteiger partial charge < -0.3 is 0 Å². The predicted octanol–water partition coefficient (Wildman–Crippen LogP) is 3.70. The molecule has 0 N–H and O–H groups in total. The number of nitrogens with zero attached hydrogens (tertiary/aromatic N) is 1. The largest absolute Gasteiger partial charge is 0.433 e. The van der Waals surface area contributed by atoms with Crippen LogP contribution in [0, 0.1) is 0 Å². The second-order valence-corrected chi connectivity index (χ2v) is 3.74. The first-order chi connectivity index (χ1) is 8.05. The summed E-state index contributed by atoms with van der Waals surface area (Å²) in [6, 6.07) is 0.581. The molecule has 0 aliphatic heterocycles. The van der Waals surface area contributed by atoms with Crippen molar-refractivity contribution >= 4 is 21.7 Å². The minimum atomic E-state index is -5.05. The van der Waals surface area contributed by atoms with Crippen molar-refractivity contribution in [2.75, 3.05) is 5.33 Å². The van der Waals surface area contributed by atoms with Crippen LogP contribution in [0.25, 0.3) is 0 Å². The maximum atomic E-state index is 12.4. The van der Waals surface area contributed by atoms with Crippen molar-refractivity contribution in [1.82, 2.24) is 4.98 Å². The van der Waals surface area contributed by atoms with Gasteiger partial charge in [0.1, 0.15) is 11.4 Å². The molecule has 9 heteroatoms. The minimum Gasteiger partial charge on any atom is -0.293 e. The van der Waals surface area contributed by atoms with E-state index < -0.39 is 35.1 Å². The highest BCUT2D eigenvalue weighted by atomic mass is 79.9. The number of alkyl halides is 7. The summed E-state index contributed by atoms with van der Waals surface area (Å²) in [5, 5.41) is -0.383. The predicted molar refractivity (Wildman–Crippen MR) is 52.4 cm³/mol. The maximum Gasteiger partial charge on any atom is 0.433 e. The molecule has 0 amide bonds. The van der Waals surface area contributed by atoms with Gasteiger partial charge in [-0.3, -0.25) is 4.79 Å². The molecule has 18 heavy (non-hydrogen) atoms. The van der Waals surface area contributed by atoms with Crippen LogP contribution in [0.1, 0.15) is 21.7 Å². The highest BCUT2D eigenvalue weighted by Gasteiger charge is 2.39. The SMILES string of the molecule is O=C(CBr)c1cc(C(F)(F)F)nc(C(F)(F)F)c1. The average Bonchev–Trinajstić information content (AvgIpc) is 2.25. The highest BCUT2D eigenvalue weighted by molar-refractivity contribution is 9.09. The molecule has 1 rings (SSSR count). The molecular weight excluding hydrogens is 332 g/mol. The number of carbonyl (C=O) groups is 1. The molecule has 0 aliphatic rings. The number of aromatic nitrogens is 1. The maximum absolute atomic E-state index is 12.4. The lowest BCUT2D eigenvalue weighted by Gasteiger charge is -2.12. The molecule has 0 spiro atoms. The van der Waals surface area contributed by atoms with Crippen LogP contribution in [-0.4, -0.2) is 16.1 Å². The quantitative estimate of drug-likeness (QED) is 0.468.